The van der Waals surface area contributed by atoms with E-state index in [2.05, 4.69) is 37.7 Å². The molecular weight excluding hydrogens is 260 g/mol. The van der Waals surface area contributed by atoms with Crippen LogP contribution >= 0.6 is 0 Å². The molecular formula is C18H24N2O. The van der Waals surface area contributed by atoms with Gasteiger partial charge in [0.15, 0.2) is 0 Å². The summed E-state index contributed by atoms with van der Waals surface area (Å²) in [6.45, 7) is 8.87. The molecule has 1 atom stereocenters. The SMILES string of the molecule is CC(=Cc1nc2ccccc2c(=O)[nH]1)CC(C)CC(C)C. The molecule has 2 rings (SSSR count). The zero-order valence-electron chi connectivity index (χ0n) is 13.3. The van der Waals surface area contributed by atoms with Crippen molar-refractivity contribution in [3.05, 3.63) is 46.0 Å². The third-order valence-electron chi connectivity index (χ3n) is 3.56. The number of aromatic nitrogens is 2. The van der Waals surface area contributed by atoms with Gasteiger partial charge in [0, 0.05) is 0 Å². The number of rotatable bonds is 5. The molecule has 21 heavy (non-hydrogen) atoms. The molecule has 1 heterocycles. The van der Waals surface area contributed by atoms with Crippen LogP contribution in [0.4, 0.5) is 0 Å². The van der Waals surface area contributed by atoms with Crippen LogP contribution in [0.15, 0.2) is 34.6 Å². The molecule has 0 bridgehead atoms. The number of aromatic amines is 1. The van der Waals surface area contributed by atoms with Crippen LogP contribution in [0, 0.1) is 11.8 Å². The van der Waals surface area contributed by atoms with Gasteiger partial charge in [-0.3, -0.25) is 4.79 Å². The average Bonchev–Trinajstić information content (AvgIpc) is 2.37. The van der Waals surface area contributed by atoms with Crippen molar-refractivity contribution >= 4 is 17.0 Å². The van der Waals surface area contributed by atoms with E-state index in [4.69, 9.17) is 0 Å². The van der Waals surface area contributed by atoms with Crippen molar-refractivity contribution in [1.29, 1.82) is 0 Å². The molecule has 1 N–H and O–H groups in total. The van der Waals surface area contributed by atoms with Crippen LogP contribution in [0.1, 0.15) is 46.4 Å². The lowest BCUT2D eigenvalue weighted by Crippen LogP contribution is -2.09. The van der Waals surface area contributed by atoms with Crippen molar-refractivity contribution < 1.29 is 0 Å². The Morgan fingerprint density at radius 2 is 2.00 bits per heavy atom. The molecule has 0 aliphatic carbocycles. The molecule has 0 saturated heterocycles. The topological polar surface area (TPSA) is 45.8 Å². The molecule has 0 fully saturated rings. The van der Waals surface area contributed by atoms with E-state index in [1.807, 2.05) is 24.3 Å². The predicted molar refractivity (Wildman–Crippen MR) is 89.3 cm³/mol. The summed E-state index contributed by atoms with van der Waals surface area (Å²) < 4.78 is 0. The first-order chi connectivity index (χ1) is 9.95. The fourth-order valence-electron chi connectivity index (χ4n) is 2.90. The van der Waals surface area contributed by atoms with Crippen LogP contribution in [0.5, 0.6) is 0 Å². The number of allylic oxidation sites excluding steroid dienone is 1. The summed E-state index contributed by atoms with van der Waals surface area (Å²) in [6, 6.07) is 7.43. The Bertz CT molecular complexity index is 698. The summed E-state index contributed by atoms with van der Waals surface area (Å²) in [4.78, 5) is 19.4. The monoisotopic (exact) mass is 284 g/mol. The highest BCUT2D eigenvalue weighted by Gasteiger charge is 2.07. The second kappa shape index (κ2) is 6.70. The number of hydrogen-bond acceptors (Lipinski definition) is 2. The van der Waals surface area contributed by atoms with Crippen molar-refractivity contribution in [1.82, 2.24) is 9.97 Å². The van der Waals surface area contributed by atoms with Crippen molar-refractivity contribution in [2.75, 3.05) is 0 Å². The van der Waals surface area contributed by atoms with Crippen LogP contribution < -0.4 is 5.56 Å². The standard InChI is InChI=1S/C18H24N2O/c1-12(2)9-13(3)10-14(4)11-17-19-16-8-6-5-7-15(16)18(21)20-17/h5-8,11-13H,9-10H2,1-4H3,(H,19,20,21). The van der Waals surface area contributed by atoms with Crippen molar-refractivity contribution in [2.24, 2.45) is 11.8 Å². The Morgan fingerprint density at radius 3 is 2.71 bits per heavy atom. The van der Waals surface area contributed by atoms with Crippen LogP contribution in [0.3, 0.4) is 0 Å². The van der Waals surface area contributed by atoms with E-state index in [1.165, 1.54) is 12.0 Å². The fraction of sp³-hybridized carbons (Fsp3) is 0.444. The minimum absolute atomic E-state index is 0.0742. The molecule has 3 heteroatoms. The minimum Gasteiger partial charge on any atom is -0.306 e. The summed E-state index contributed by atoms with van der Waals surface area (Å²) in [6.07, 6.45) is 4.24. The summed E-state index contributed by atoms with van der Waals surface area (Å²) in [5.74, 6) is 2.01. The van der Waals surface area contributed by atoms with Gasteiger partial charge in [-0.15, -0.1) is 0 Å². The predicted octanol–water partition coefficient (Wildman–Crippen LogP) is 4.40. The van der Waals surface area contributed by atoms with Gasteiger partial charge in [-0.25, -0.2) is 4.98 Å². The fourth-order valence-corrected chi connectivity index (χ4v) is 2.90. The van der Waals surface area contributed by atoms with Crippen molar-refractivity contribution in [3.8, 4) is 0 Å². The van der Waals surface area contributed by atoms with E-state index in [0.29, 0.717) is 23.0 Å². The largest absolute Gasteiger partial charge is 0.306 e. The molecule has 112 valence electrons. The summed E-state index contributed by atoms with van der Waals surface area (Å²) in [7, 11) is 0. The van der Waals surface area contributed by atoms with E-state index in [-0.39, 0.29) is 5.56 Å². The highest BCUT2D eigenvalue weighted by molar-refractivity contribution is 5.77. The second-order valence-electron chi connectivity index (χ2n) is 6.40. The Kier molecular flexibility index (Phi) is 4.94. The number of H-pyrrole nitrogens is 1. The first-order valence-corrected chi connectivity index (χ1v) is 7.62. The molecule has 1 unspecified atom stereocenters. The van der Waals surface area contributed by atoms with Gasteiger partial charge in [0.05, 0.1) is 10.9 Å². The van der Waals surface area contributed by atoms with E-state index in [1.54, 1.807) is 6.07 Å². The lowest BCUT2D eigenvalue weighted by atomic mass is 9.93. The normalized spacial score (nSPS) is 13.9. The zero-order valence-corrected chi connectivity index (χ0v) is 13.3. The number of hydrogen-bond donors (Lipinski definition) is 1. The second-order valence-corrected chi connectivity index (χ2v) is 6.40. The van der Waals surface area contributed by atoms with Gasteiger partial charge >= 0.3 is 0 Å². The number of nitrogens with zero attached hydrogens (tertiary/aromatic N) is 1. The Morgan fingerprint density at radius 1 is 1.29 bits per heavy atom. The summed E-state index contributed by atoms with van der Waals surface area (Å²) in [5.41, 5.74) is 1.92. The Balaban J connectivity index is 2.22. The summed E-state index contributed by atoms with van der Waals surface area (Å²) in [5, 5.41) is 0.639. The summed E-state index contributed by atoms with van der Waals surface area (Å²) >= 11 is 0. The van der Waals surface area contributed by atoms with Gasteiger partial charge in [0.2, 0.25) is 0 Å². The zero-order chi connectivity index (χ0) is 15.4. The van der Waals surface area contributed by atoms with Crippen LogP contribution in [0.2, 0.25) is 0 Å². The molecule has 1 aromatic carbocycles. The maximum atomic E-state index is 12.0. The minimum atomic E-state index is -0.0742. The number of fused-ring (bicyclic) bond motifs is 1. The first-order valence-electron chi connectivity index (χ1n) is 7.62. The highest BCUT2D eigenvalue weighted by Crippen LogP contribution is 2.20. The molecule has 2 aromatic rings. The molecule has 0 spiro atoms. The van der Waals surface area contributed by atoms with Gasteiger partial charge < -0.3 is 4.98 Å². The molecule has 0 radical (unpaired) electrons. The van der Waals surface area contributed by atoms with Crippen LogP contribution in [0.25, 0.3) is 17.0 Å². The number of nitrogens with one attached hydrogen (secondary N) is 1. The van der Waals surface area contributed by atoms with E-state index >= 15 is 0 Å². The van der Waals surface area contributed by atoms with Gasteiger partial charge in [0.1, 0.15) is 5.82 Å². The molecule has 0 aliphatic rings. The molecule has 3 nitrogen and oxygen atoms in total. The maximum absolute atomic E-state index is 12.0. The van der Waals surface area contributed by atoms with Gasteiger partial charge in [0.25, 0.3) is 5.56 Å². The maximum Gasteiger partial charge on any atom is 0.259 e. The number of benzene rings is 1. The van der Waals surface area contributed by atoms with Crippen LogP contribution in [-0.4, -0.2) is 9.97 Å². The van der Waals surface area contributed by atoms with Gasteiger partial charge in [-0.05, 0) is 49.8 Å². The Labute approximate surface area is 126 Å². The molecule has 1 aromatic heterocycles. The molecule has 0 aliphatic heterocycles. The average molecular weight is 284 g/mol. The lowest BCUT2D eigenvalue weighted by molar-refractivity contribution is 0.437. The molecule has 0 amide bonds. The van der Waals surface area contributed by atoms with Gasteiger partial charge in [-0.2, -0.15) is 0 Å². The Hall–Kier alpha value is -1.90. The molecule has 0 saturated carbocycles. The lowest BCUT2D eigenvalue weighted by Gasteiger charge is -2.14. The van der Waals surface area contributed by atoms with E-state index in [9.17, 15) is 4.79 Å². The van der Waals surface area contributed by atoms with Crippen molar-refractivity contribution in [3.63, 3.8) is 0 Å². The highest BCUT2D eigenvalue weighted by atomic mass is 16.1. The van der Waals surface area contributed by atoms with E-state index < -0.39 is 0 Å². The van der Waals surface area contributed by atoms with Crippen molar-refractivity contribution in [2.45, 2.75) is 40.5 Å². The van der Waals surface area contributed by atoms with E-state index in [0.717, 1.165) is 11.9 Å². The third-order valence-corrected chi connectivity index (χ3v) is 3.56. The van der Waals surface area contributed by atoms with Crippen LogP contribution in [-0.2, 0) is 0 Å². The quantitative estimate of drug-likeness (QED) is 0.884. The van der Waals surface area contributed by atoms with Gasteiger partial charge in [-0.1, -0.05) is 38.5 Å². The first kappa shape index (κ1) is 15.5. The number of para-hydroxylation sites is 1. The third kappa shape index (κ3) is 4.28. The smallest absolute Gasteiger partial charge is 0.259 e.